The number of nitrogens with one attached hydrogen (secondary N) is 1. The third-order valence-corrected chi connectivity index (χ3v) is 3.83. The summed E-state index contributed by atoms with van der Waals surface area (Å²) in [7, 11) is 0. The fourth-order valence-electron chi connectivity index (χ4n) is 2.44. The molecule has 2 aromatic heterocycles. The highest BCUT2D eigenvalue weighted by atomic mass is 16.2. The number of imidazole rings is 1. The monoisotopic (exact) mass is 323 g/mol. The SMILES string of the molecule is Cc1nccn1CC(=O)Nc1cc(C(C)C)nn1-c1ccccc1. The summed E-state index contributed by atoms with van der Waals surface area (Å²) in [5.74, 6) is 1.65. The second-order valence-corrected chi connectivity index (χ2v) is 6.01. The van der Waals surface area contributed by atoms with Crippen LogP contribution >= 0.6 is 0 Å². The molecular formula is C18H21N5O. The predicted octanol–water partition coefficient (Wildman–Crippen LogP) is 3.14. The summed E-state index contributed by atoms with van der Waals surface area (Å²) in [4.78, 5) is 16.5. The van der Waals surface area contributed by atoms with Gasteiger partial charge in [-0.05, 0) is 25.0 Å². The van der Waals surface area contributed by atoms with E-state index in [-0.39, 0.29) is 18.4 Å². The Kier molecular flexibility index (Phi) is 4.46. The van der Waals surface area contributed by atoms with Crippen molar-refractivity contribution in [2.24, 2.45) is 0 Å². The largest absolute Gasteiger partial charge is 0.326 e. The van der Waals surface area contributed by atoms with Gasteiger partial charge < -0.3 is 9.88 Å². The normalized spacial score (nSPS) is 11.0. The highest BCUT2D eigenvalue weighted by Crippen LogP contribution is 2.22. The van der Waals surface area contributed by atoms with Crippen LogP contribution in [0.4, 0.5) is 5.82 Å². The van der Waals surface area contributed by atoms with Crippen LogP contribution in [0.1, 0.15) is 31.3 Å². The molecule has 0 saturated heterocycles. The first-order valence-corrected chi connectivity index (χ1v) is 7.97. The molecule has 6 nitrogen and oxygen atoms in total. The molecule has 0 aliphatic rings. The van der Waals surface area contributed by atoms with Crippen molar-refractivity contribution in [2.45, 2.75) is 33.2 Å². The van der Waals surface area contributed by atoms with Crippen LogP contribution in [-0.4, -0.2) is 25.2 Å². The Morgan fingerprint density at radius 2 is 2.00 bits per heavy atom. The maximum Gasteiger partial charge on any atom is 0.245 e. The van der Waals surface area contributed by atoms with Crippen molar-refractivity contribution in [3.63, 3.8) is 0 Å². The third kappa shape index (κ3) is 3.37. The molecule has 1 amide bonds. The van der Waals surface area contributed by atoms with Gasteiger partial charge in [-0.15, -0.1) is 0 Å². The van der Waals surface area contributed by atoms with E-state index in [9.17, 15) is 4.79 Å². The summed E-state index contributed by atoms with van der Waals surface area (Å²) in [6.45, 7) is 6.26. The van der Waals surface area contributed by atoms with Crippen molar-refractivity contribution < 1.29 is 4.79 Å². The molecule has 2 heterocycles. The number of amides is 1. The molecule has 0 saturated carbocycles. The zero-order chi connectivity index (χ0) is 17.1. The summed E-state index contributed by atoms with van der Waals surface area (Å²) in [5.41, 5.74) is 1.85. The summed E-state index contributed by atoms with van der Waals surface area (Å²) in [6, 6.07) is 11.7. The van der Waals surface area contributed by atoms with E-state index in [1.165, 1.54) is 0 Å². The Morgan fingerprint density at radius 1 is 1.25 bits per heavy atom. The first-order chi connectivity index (χ1) is 11.5. The Labute approximate surface area is 141 Å². The molecule has 1 aromatic carbocycles. The van der Waals surface area contributed by atoms with Crippen LogP contribution in [0.25, 0.3) is 5.69 Å². The standard InChI is InChI=1S/C18H21N5O/c1-13(2)16-11-17(23(21-16)15-7-5-4-6-8-15)20-18(24)12-22-10-9-19-14(22)3/h4-11,13H,12H2,1-3H3,(H,20,24). The predicted molar refractivity (Wildman–Crippen MR) is 93.2 cm³/mol. The van der Waals surface area contributed by atoms with E-state index in [4.69, 9.17) is 0 Å². The minimum absolute atomic E-state index is 0.108. The molecule has 3 aromatic rings. The van der Waals surface area contributed by atoms with Gasteiger partial charge in [0.1, 0.15) is 18.2 Å². The number of hydrogen-bond donors (Lipinski definition) is 1. The minimum Gasteiger partial charge on any atom is -0.326 e. The molecular weight excluding hydrogens is 302 g/mol. The number of para-hydroxylation sites is 1. The van der Waals surface area contributed by atoms with E-state index < -0.39 is 0 Å². The maximum absolute atomic E-state index is 12.4. The van der Waals surface area contributed by atoms with Crippen molar-refractivity contribution in [2.75, 3.05) is 5.32 Å². The van der Waals surface area contributed by atoms with Gasteiger partial charge in [-0.3, -0.25) is 4.79 Å². The fourth-order valence-corrected chi connectivity index (χ4v) is 2.44. The van der Waals surface area contributed by atoms with Gasteiger partial charge in [0.2, 0.25) is 5.91 Å². The van der Waals surface area contributed by atoms with Gasteiger partial charge in [-0.2, -0.15) is 5.10 Å². The van der Waals surface area contributed by atoms with Gasteiger partial charge in [-0.1, -0.05) is 32.0 Å². The highest BCUT2D eigenvalue weighted by Gasteiger charge is 2.14. The average Bonchev–Trinajstić information content (AvgIpc) is 3.15. The lowest BCUT2D eigenvalue weighted by molar-refractivity contribution is -0.116. The van der Waals surface area contributed by atoms with Gasteiger partial charge in [0.05, 0.1) is 11.4 Å². The zero-order valence-corrected chi connectivity index (χ0v) is 14.1. The number of carbonyl (C=O) groups is 1. The molecule has 124 valence electrons. The Hall–Kier alpha value is -2.89. The summed E-state index contributed by atoms with van der Waals surface area (Å²) in [6.07, 6.45) is 3.48. The van der Waals surface area contributed by atoms with Crippen molar-refractivity contribution in [1.82, 2.24) is 19.3 Å². The van der Waals surface area contributed by atoms with Crippen LogP contribution < -0.4 is 5.32 Å². The Balaban J connectivity index is 1.86. The van der Waals surface area contributed by atoms with Gasteiger partial charge in [-0.25, -0.2) is 9.67 Å². The number of benzene rings is 1. The molecule has 1 N–H and O–H groups in total. The molecule has 3 rings (SSSR count). The van der Waals surface area contributed by atoms with E-state index in [1.807, 2.05) is 47.9 Å². The lowest BCUT2D eigenvalue weighted by atomic mass is 10.1. The molecule has 0 radical (unpaired) electrons. The van der Waals surface area contributed by atoms with Gasteiger partial charge >= 0.3 is 0 Å². The Morgan fingerprint density at radius 3 is 2.62 bits per heavy atom. The summed E-state index contributed by atoms with van der Waals surface area (Å²) in [5, 5.41) is 7.59. The first-order valence-electron chi connectivity index (χ1n) is 7.97. The molecule has 0 aliphatic heterocycles. The number of aryl methyl sites for hydroxylation is 1. The van der Waals surface area contributed by atoms with Crippen LogP contribution in [0.3, 0.4) is 0 Å². The third-order valence-electron chi connectivity index (χ3n) is 3.83. The van der Waals surface area contributed by atoms with E-state index in [0.717, 1.165) is 17.2 Å². The van der Waals surface area contributed by atoms with Crippen LogP contribution in [0.5, 0.6) is 0 Å². The molecule has 0 unspecified atom stereocenters. The topological polar surface area (TPSA) is 64.7 Å². The molecule has 24 heavy (non-hydrogen) atoms. The molecule has 0 atom stereocenters. The highest BCUT2D eigenvalue weighted by molar-refractivity contribution is 5.90. The zero-order valence-electron chi connectivity index (χ0n) is 14.1. The van der Waals surface area contributed by atoms with E-state index in [2.05, 4.69) is 29.2 Å². The van der Waals surface area contributed by atoms with E-state index in [0.29, 0.717) is 5.82 Å². The lowest BCUT2D eigenvalue weighted by Crippen LogP contribution is -2.20. The minimum atomic E-state index is -0.108. The molecule has 0 spiro atoms. The molecule has 0 fully saturated rings. The lowest BCUT2D eigenvalue weighted by Gasteiger charge is -2.09. The number of hydrogen-bond acceptors (Lipinski definition) is 3. The number of nitrogens with zero attached hydrogens (tertiary/aromatic N) is 4. The van der Waals surface area contributed by atoms with Crippen molar-refractivity contribution in [1.29, 1.82) is 0 Å². The number of rotatable bonds is 5. The molecule has 0 aliphatic carbocycles. The molecule has 6 heteroatoms. The van der Waals surface area contributed by atoms with Crippen LogP contribution in [-0.2, 0) is 11.3 Å². The molecule has 0 bridgehead atoms. The maximum atomic E-state index is 12.4. The van der Waals surface area contributed by atoms with Crippen LogP contribution in [0.2, 0.25) is 0 Å². The number of aromatic nitrogens is 4. The van der Waals surface area contributed by atoms with E-state index >= 15 is 0 Å². The number of carbonyl (C=O) groups excluding carboxylic acids is 1. The van der Waals surface area contributed by atoms with Crippen molar-refractivity contribution in [3.05, 3.63) is 60.3 Å². The van der Waals surface area contributed by atoms with E-state index in [1.54, 1.807) is 17.1 Å². The van der Waals surface area contributed by atoms with Gasteiger partial charge in [0.15, 0.2) is 0 Å². The van der Waals surface area contributed by atoms with Crippen molar-refractivity contribution >= 4 is 11.7 Å². The second-order valence-electron chi connectivity index (χ2n) is 6.01. The smallest absolute Gasteiger partial charge is 0.245 e. The van der Waals surface area contributed by atoms with Gasteiger partial charge in [0, 0.05) is 18.5 Å². The second kappa shape index (κ2) is 6.70. The number of anilines is 1. The summed E-state index contributed by atoms with van der Waals surface area (Å²) >= 11 is 0. The summed E-state index contributed by atoms with van der Waals surface area (Å²) < 4.78 is 3.58. The Bertz CT molecular complexity index is 832. The van der Waals surface area contributed by atoms with Crippen LogP contribution in [0, 0.1) is 6.92 Å². The van der Waals surface area contributed by atoms with Crippen molar-refractivity contribution in [3.8, 4) is 5.69 Å². The van der Waals surface area contributed by atoms with Gasteiger partial charge in [0.25, 0.3) is 0 Å². The van der Waals surface area contributed by atoms with Crippen LogP contribution in [0.15, 0.2) is 48.8 Å². The first kappa shape index (κ1) is 16.0. The average molecular weight is 323 g/mol. The fraction of sp³-hybridized carbons (Fsp3) is 0.278. The quantitative estimate of drug-likeness (QED) is 0.784.